The molecular formula is C17H28N2O. The maximum Gasteiger partial charge on any atom is 0.0503 e. The molecule has 1 aromatic rings. The maximum absolute atomic E-state index is 5.25. The SMILES string of the molecule is CCC1CN(c2ccccc2CCOC)C(CC)CN1. The number of rotatable bonds is 6. The van der Waals surface area contributed by atoms with Crippen LogP contribution in [0.2, 0.25) is 0 Å². The van der Waals surface area contributed by atoms with Crippen LogP contribution in [0.3, 0.4) is 0 Å². The number of hydrogen-bond acceptors (Lipinski definition) is 3. The van der Waals surface area contributed by atoms with Crippen molar-refractivity contribution < 1.29 is 4.74 Å². The molecule has 3 heteroatoms. The normalized spacial score (nSPS) is 23.1. The lowest BCUT2D eigenvalue weighted by Gasteiger charge is -2.42. The number of para-hydroxylation sites is 1. The summed E-state index contributed by atoms with van der Waals surface area (Å²) in [6, 6.07) is 10.0. The fourth-order valence-electron chi connectivity index (χ4n) is 3.01. The Bertz CT molecular complexity index is 408. The van der Waals surface area contributed by atoms with Gasteiger partial charge in [-0.15, -0.1) is 0 Å². The number of nitrogens with one attached hydrogen (secondary N) is 1. The van der Waals surface area contributed by atoms with E-state index in [1.54, 1.807) is 7.11 Å². The second-order valence-corrected chi connectivity index (χ2v) is 5.60. The molecule has 112 valence electrons. The zero-order valence-electron chi connectivity index (χ0n) is 13.1. The highest BCUT2D eigenvalue weighted by atomic mass is 16.5. The first-order valence-corrected chi connectivity index (χ1v) is 7.87. The van der Waals surface area contributed by atoms with Gasteiger partial charge < -0.3 is 15.0 Å². The van der Waals surface area contributed by atoms with E-state index >= 15 is 0 Å². The summed E-state index contributed by atoms with van der Waals surface area (Å²) in [7, 11) is 1.77. The van der Waals surface area contributed by atoms with Crippen LogP contribution < -0.4 is 10.2 Å². The van der Waals surface area contributed by atoms with Gasteiger partial charge >= 0.3 is 0 Å². The predicted octanol–water partition coefficient (Wildman–Crippen LogP) is 2.84. The number of hydrogen-bond donors (Lipinski definition) is 1. The van der Waals surface area contributed by atoms with Crippen LogP contribution in [0.5, 0.6) is 0 Å². The van der Waals surface area contributed by atoms with E-state index in [0.29, 0.717) is 12.1 Å². The molecule has 2 rings (SSSR count). The summed E-state index contributed by atoms with van der Waals surface area (Å²) in [4.78, 5) is 2.61. The lowest BCUT2D eigenvalue weighted by atomic mass is 10.0. The molecule has 2 unspecified atom stereocenters. The maximum atomic E-state index is 5.25. The minimum Gasteiger partial charge on any atom is -0.384 e. The van der Waals surface area contributed by atoms with Gasteiger partial charge in [0.05, 0.1) is 6.61 Å². The first-order chi connectivity index (χ1) is 9.80. The summed E-state index contributed by atoms with van der Waals surface area (Å²) < 4.78 is 5.25. The molecule has 1 aliphatic heterocycles. The number of piperazine rings is 1. The van der Waals surface area contributed by atoms with E-state index in [9.17, 15) is 0 Å². The Morgan fingerprint density at radius 3 is 2.75 bits per heavy atom. The third-order valence-electron chi connectivity index (χ3n) is 4.34. The van der Waals surface area contributed by atoms with Crippen LogP contribution in [0.1, 0.15) is 32.3 Å². The van der Waals surface area contributed by atoms with Crippen molar-refractivity contribution in [1.82, 2.24) is 5.32 Å². The zero-order chi connectivity index (χ0) is 14.4. The van der Waals surface area contributed by atoms with Gasteiger partial charge in [0.15, 0.2) is 0 Å². The van der Waals surface area contributed by atoms with Gasteiger partial charge in [-0.25, -0.2) is 0 Å². The average molecular weight is 276 g/mol. The third-order valence-corrected chi connectivity index (χ3v) is 4.34. The van der Waals surface area contributed by atoms with Gasteiger partial charge in [0.1, 0.15) is 0 Å². The summed E-state index contributed by atoms with van der Waals surface area (Å²) in [5, 5.41) is 3.67. The fraction of sp³-hybridized carbons (Fsp3) is 0.647. The van der Waals surface area contributed by atoms with Gasteiger partial charge in [-0.2, -0.15) is 0 Å². The molecule has 0 amide bonds. The van der Waals surface area contributed by atoms with Crippen molar-refractivity contribution in [3.05, 3.63) is 29.8 Å². The molecule has 0 spiro atoms. The molecule has 1 saturated heterocycles. The molecule has 0 aliphatic carbocycles. The van der Waals surface area contributed by atoms with E-state index in [2.05, 4.69) is 48.3 Å². The van der Waals surface area contributed by atoms with Crippen LogP contribution in [-0.4, -0.2) is 38.9 Å². The lowest BCUT2D eigenvalue weighted by molar-refractivity contribution is 0.202. The average Bonchev–Trinajstić information content (AvgIpc) is 2.52. The largest absolute Gasteiger partial charge is 0.384 e. The minimum absolute atomic E-state index is 0.599. The van der Waals surface area contributed by atoms with E-state index in [4.69, 9.17) is 4.74 Å². The van der Waals surface area contributed by atoms with Crippen molar-refractivity contribution in [2.75, 3.05) is 31.7 Å². The third kappa shape index (κ3) is 3.53. The second kappa shape index (κ2) is 7.65. The number of ether oxygens (including phenoxy) is 1. The van der Waals surface area contributed by atoms with Crippen molar-refractivity contribution in [2.24, 2.45) is 0 Å². The van der Waals surface area contributed by atoms with Gasteiger partial charge in [-0.3, -0.25) is 0 Å². The summed E-state index contributed by atoms with van der Waals surface area (Å²) >= 11 is 0. The van der Waals surface area contributed by atoms with E-state index in [-0.39, 0.29) is 0 Å². The smallest absolute Gasteiger partial charge is 0.0503 e. The van der Waals surface area contributed by atoms with E-state index in [0.717, 1.165) is 26.1 Å². The molecule has 1 aromatic carbocycles. The van der Waals surface area contributed by atoms with Crippen molar-refractivity contribution in [2.45, 2.75) is 45.2 Å². The lowest BCUT2D eigenvalue weighted by Crippen LogP contribution is -2.56. The molecule has 3 nitrogen and oxygen atoms in total. The van der Waals surface area contributed by atoms with Crippen LogP contribution >= 0.6 is 0 Å². The van der Waals surface area contributed by atoms with Gasteiger partial charge in [0, 0.05) is 38.0 Å². The highest BCUT2D eigenvalue weighted by Gasteiger charge is 2.27. The molecule has 20 heavy (non-hydrogen) atoms. The molecular weight excluding hydrogens is 248 g/mol. The minimum atomic E-state index is 0.599. The fourth-order valence-corrected chi connectivity index (χ4v) is 3.01. The highest BCUT2D eigenvalue weighted by Crippen LogP contribution is 2.26. The van der Waals surface area contributed by atoms with Crippen LogP contribution in [-0.2, 0) is 11.2 Å². The van der Waals surface area contributed by atoms with Crippen LogP contribution in [0, 0.1) is 0 Å². The molecule has 1 heterocycles. The summed E-state index contributed by atoms with van der Waals surface area (Å²) in [6.45, 7) is 7.53. The topological polar surface area (TPSA) is 24.5 Å². The standard InChI is InChI=1S/C17H28N2O/c1-4-15-13-19(16(5-2)12-18-15)17-9-7-6-8-14(17)10-11-20-3/h6-9,15-16,18H,4-5,10-13H2,1-3H3. The first kappa shape index (κ1) is 15.3. The Hall–Kier alpha value is -1.06. The van der Waals surface area contributed by atoms with Crippen molar-refractivity contribution in [1.29, 1.82) is 0 Å². The predicted molar refractivity (Wildman–Crippen MR) is 85.5 cm³/mol. The molecule has 2 atom stereocenters. The molecule has 0 saturated carbocycles. The number of nitrogens with zero attached hydrogens (tertiary/aromatic N) is 1. The van der Waals surface area contributed by atoms with E-state index < -0.39 is 0 Å². The monoisotopic (exact) mass is 276 g/mol. The Morgan fingerprint density at radius 2 is 2.05 bits per heavy atom. The highest BCUT2D eigenvalue weighted by molar-refractivity contribution is 5.55. The summed E-state index contributed by atoms with van der Waals surface area (Å²) in [5.74, 6) is 0. The van der Waals surface area contributed by atoms with Crippen molar-refractivity contribution in [3.8, 4) is 0 Å². The molecule has 0 aromatic heterocycles. The van der Waals surface area contributed by atoms with Crippen molar-refractivity contribution in [3.63, 3.8) is 0 Å². The van der Waals surface area contributed by atoms with Crippen molar-refractivity contribution >= 4 is 5.69 Å². The Kier molecular flexibility index (Phi) is 5.86. The van der Waals surface area contributed by atoms with Gasteiger partial charge in [0.2, 0.25) is 0 Å². The van der Waals surface area contributed by atoms with E-state index in [1.807, 2.05) is 0 Å². The van der Waals surface area contributed by atoms with Crippen LogP contribution in [0.15, 0.2) is 24.3 Å². The van der Waals surface area contributed by atoms with Gasteiger partial charge in [0.25, 0.3) is 0 Å². The first-order valence-electron chi connectivity index (χ1n) is 7.87. The summed E-state index contributed by atoms with van der Waals surface area (Å²) in [6.07, 6.45) is 3.36. The van der Waals surface area contributed by atoms with E-state index in [1.165, 1.54) is 24.1 Å². The molecule has 1 aliphatic rings. The summed E-state index contributed by atoms with van der Waals surface area (Å²) in [5.41, 5.74) is 2.81. The number of anilines is 1. The molecule has 0 radical (unpaired) electrons. The van der Waals surface area contributed by atoms with Crippen LogP contribution in [0.25, 0.3) is 0 Å². The molecule has 1 fully saturated rings. The molecule has 0 bridgehead atoms. The van der Waals surface area contributed by atoms with Crippen LogP contribution in [0.4, 0.5) is 5.69 Å². The van der Waals surface area contributed by atoms with Gasteiger partial charge in [-0.1, -0.05) is 32.0 Å². The zero-order valence-corrected chi connectivity index (χ0v) is 13.1. The Morgan fingerprint density at radius 1 is 1.25 bits per heavy atom. The second-order valence-electron chi connectivity index (χ2n) is 5.60. The number of benzene rings is 1. The van der Waals surface area contributed by atoms with Gasteiger partial charge in [-0.05, 0) is 30.9 Å². The molecule has 1 N–H and O–H groups in total. The Balaban J connectivity index is 2.22. The quantitative estimate of drug-likeness (QED) is 0.864. The number of methoxy groups -OCH3 is 1. The Labute approximate surface area is 123 Å².